The summed E-state index contributed by atoms with van der Waals surface area (Å²) in [5.74, 6) is -2.92. The number of carbonyl (C=O) groups is 3. The van der Waals surface area contributed by atoms with Gasteiger partial charge in [-0.15, -0.1) is 0 Å². The van der Waals surface area contributed by atoms with Crippen molar-refractivity contribution < 1.29 is 28.2 Å². The number of methoxy groups -OCH3 is 1. The van der Waals surface area contributed by atoms with Gasteiger partial charge in [-0.05, 0) is 41.8 Å². The molecule has 4 aromatic rings. The molecule has 184 valence electrons. The van der Waals surface area contributed by atoms with Crippen LogP contribution in [0.15, 0.2) is 60.7 Å². The highest BCUT2D eigenvalue weighted by Crippen LogP contribution is 2.35. The number of carbonyl (C=O) groups excluding carboxylic acids is 3. The van der Waals surface area contributed by atoms with Crippen LogP contribution in [0.4, 0.5) is 4.39 Å². The number of amides is 1. The molecule has 2 aromatic carbocycles. The minimum absolute atomic E-state index is 0.0777. The van der Waals surface area contributed by atoms with E-state index in [1.54, 1.807) is 16.6 Å². The van der Waals surface area contributed by atoms with Crippen molar-refractivity contribution in [2.45, 2.75) is 19.8 Å². The van der Waals surface area contributed by atoms with Crippen molar-refractivity contribution in [1.82, 2.24) is 9.61 Å². The van der Waals surface area contributed by atoms with E-state index in [-0.39, 0.29) is 16.8 Å². The Kier molecular flexibility index (Phi) is 7.10. The van der Waals surface area contributed by atoms with E-state index in [1.807, 2.05) is 37.3 Å². The number of ether oxygens (including phenoxy) is 2. The zero-order valence-electron chi connectivity index (χ0n) is 19.8. The Labute approximate surface area is 206 Å². The maximum absolute atomic E-state index is 13.6. The third-order valence-corrected chi connectivity index (χ3v) is 5.80. The van der Waals surface area contributed by atoms with E-state index in [0.717, 1.165) is 5.56 Å². The first kappa shape index (κ1) is 24.6. The molecule has 1 amide bonds. The molecule has 9 heteroatoms. The van der Waals surface area contributed by atoms with Gasteiger partial charge >= 0.3 is 5.97 Å². The second-order valence-corrected chi connectivity index (χ2v) is 8.04. The Morgan fingerprint density at radius 2 is 1.75 bits per heavy atom. The lowest BCUT2D eigenvalue weighted by atomic mass is 9.99. The number of aromatic nitrogens is 2. The van der Waals surface area contributed by atoms with Crippen LogP contribution < -0.4 is 10.5 Å². The number of halogens is 1. The van der Waals surface area contributed by atoms with Crippen molar-refractivity contribution in [1.29, 1.82) is 0 Å². The maximum atomic E-state index is 13.6. The third kappa shape index (κ3) is 4.81. The summed E-state index contributed by atoms with van der Waals surface area (Å²) in [5.41, 5.74) is 8.90. The van der Waals surface area contributed by atoms with Gasteiger partial charge in [0.05, 0.1) is 24.1 Å². The molecule has 36 heavy (non-hydrogen) atoms. The number of rotatable bonds is 9. The number of benzene rings is 2. The fraction of sp³-hybridized carbons (Fsp3) is 0.185. The van der Waals surface area contributed by atoms with E-state index >= 15 is 0 Å². The molecular weight excluding hydrogens is 465 g/mol. The number of ketones is 1. The van der Waals surface area contributed by atoms with Crippen molar-refractivity contribution in [3.05, 3.63) is 88.9 Å². The number of nitrogens with two attached hydrogens (primary N) is 1. The Hall–Kier alpha value is -4.53. The number of hydrogen-bond donors (Lipinski definition) is 1. The molecule has 2 aromatic heterocycles. The standard InChI is InChI=1S/C27H24FN3O5/c1-3-19-21(13-16-7-5-4-6-8-16)31-25(24(19)26(33)27(29)34)22(36-15-23(32)35-2)14-20(30-31)17-9-11-18(28)12-10-17/h4-12,14H,3,13,15H2,1-2H3,(H2,29,34). The quantitative estimate of drug-likeness (QED) is 0.219. The van der Waals surface area contributed by atoms with Gasteiger partial charge in [-0.25, -0.2) is 13.7 Å². The van der Waals surface area contributed by atoms with E-state index in [1.165, 1.54) is 25.3 Å². The van der Waals surface area contributed by atoms with Gasteiger partial charge in [-0.3, -0.25) is 9.59 Å². The minimum atomic E-state index is -1.12. The monoisotopic (exact) mass is 489 g/mol. The summed E-state index contributed by atoms with van der Waals surface area (Å²) in [6, 6.07) is 16.8. The molecule has 2 N–H and O–H groups in total. The summed E-state index contributed by atoms with van der Waals surface area (Å²) in [6.07, 6.45) is 0.801. The lowest BCUT2D eigenvalue weighted by Crippen LogP contribution is -2.24. The average Bonchev–Trinajstić information content (AvgIpc) is 3.20. The lowest BCUT2D eigenvalue weighted by Gasteiger charge is -2.12. The summed E-state index contributed by atoms with van der Waals surface area (Å²) in [7, 11) is 1.23. The highest BCUT2D eigenvalue weighted by Gasteiger charge is 2.29. The average molecular weight is 490 g/mol. The van der Waals surface area contributed by atoms with Crippen LogP contribution in [0.5, 0.6) is 5.75 Å². The summed E-state index contributed by atoms with van der Waals surface area (Å²) in [4.78, 5) is 36.9. The molecule has 2 heterocycles. The van der Waals surface area contributed by atoms with Gasteiger partial charge in [0.25, 0.3) is 11.7 Å². The molecule has 0 aliphatic carbocycles. The van der Waals surface area contributed by atoms with Crippen LogP contribution in [-0.4, -0.2) is 41.0 Å². The Morgan fingerprint density at radius 1 is 1.06 bits per heavy atom. The highest BCUT2D eigenvalue weighted by atomic mass is 19.1. The maximum Gasteiger partial charge on any atom is 0.343 e. The molecule has 0 unspecified atom stereocenters. The highest BCUT2D eigenvalue weighted by molar-refractivity contribution is 6.44. The molecule has 8 nitrogen and oxygen atoms in total. The molecule has 0 spiro atoms. The summed E-state index contributed by atoms with van der Waals surface area (Å²) < 4.78 is 25.6. The van der Waals surface area contributed by atoms with Crippen LogP contribution in [0.1, 0.15) is 34.1 Å². The van der Waals surface area contributed by atoms with E-state index < -0.39 is 30.1 Å². The van der Waals surface area contributed by atoms with E-state index in [4.69, 9.17) is 15.6 Å². The van der Waals surface area contributed by atoms with E-state index in [0.29, 0.717) is 35.4 Å². The first-order valence-corrected chi connectivity index (χ1v) is 11.2. The van der Waals surface area contributed by atoms with Gasteiger partial charge in [0, 0.05) is 18.1 Å². The number of Topliss-reactive ketones (excluding diaryl/α,β-unsaturated/α-hetero) is 1. The van der Waals surface area contributed by atoms with Crippen LogP contribution in [0.3, 0.4) is 0 Å². The van der Waals surface area contributed by atoms with Crippen molar-refractivity contribution in [3.8, 4) is 17.0 Å². The minimum Gasteiger partial charge on any atom is -0.480 e. The molecule has 0 aliphatic heterocycles. The Bertz CT molecular complexity index is 1450. The van der Waals surface area contributed by atoms with Gasteiger partial charge in [0.15, 0.2) is 6.61 Å². The summed E-state index contributed by atoms with van der Waals surface area (Å²) >= 11 is 0. The molecule has 0 aliphatic rings. The molecule has 4 rings (SSSR count). The van der Waals surface area contributed by atoms with Crippen molar-refractivity contribution >= 4 is 23.2 Å². The molecular formula is C27H24FN3O5. The van der Waals surface area contributed by atoms with Crippen LogP contribution in [-0.2, 0) is 27.2 Å². The predicted octanol–water partition coefficient (Wildman–Crippen LogP) is 3.51. The van der Waals surface area contributed by atoms with Crippen molar-refractivity contribution in [3.63, 3.8) is 0 Å². The van der Waals surface area contributed by atoms with Crippen molar-refractivity contribution in [2.24, 2.45) is 5.73 Å². The number of nitrogens with zero attached hydrogens (tertiary/aromatic N) is 2. The molecule has 0 fully saturated rings. The van der Waals surface area contributed by atoms with Gasteiger partial charge in [-0.1, -0.05) is 37.3 Å². The summed E-state index contributed by atoms with van der Waals surface area (Å²) in [6.45, 7) is 1.42. The van der Waals surface area contributed by atoms with Gasteiger partial charge in [-0.2, -0.15) is 5.10 Å². The van der Waals surface area contributed by atoms with E-state index in [9.17, 15) is 18.8 Å². The summed E-state index contributed by atoms with van der Waals surface area (Å²) in [5, 5.41) is 4.74. The van der Waals surface area contributed by atoms with Crippen LogP contribution in [0.25, 0.3) is 16.8 Å². The van der Waals surface area contributed by atoms with Gasteiger partial charge < -0.3 is 15.2 Å². The first-order chi connectivity index (χ1) is 17.3. The second kappa shape index (κ2) is 10.4. The fourth-order valence-corrected chi connectivity index (χ4v) is 4.11. The lowest BCUT2D eigenvalue weighted by molar-refractivity contribution is -0.142. The normalized spacial score (nSPS) is 10.9. The Morgan fingerprint density at radius 3 is 2.36 bits per heavy atom. The van der Waals surface area contributed by atoms with Crippen LogP contribution >= 0.6 is 0 Å². The number of fused-ring (bicyclic) bond motifs is 1. The second-order valence-electron chi connectivity index (χ2n) is 8.04. The van der Waals surface area contributed by atoms with Gasteiger partial charge in [0.2, 0.25) is 0 Å². The Balaban J connectivity index is 2.05. The molecule has 0 atom stereocenters. The molecule has 0 saturated carbocycles. The predicted molar refractivity (Wildman–Crippen MR) is 130 cm³/mol. The smallest absolute Gasteiger partial charge is 0.343 e. The zero-order valence-corrected chi connectivity index (χ0v) is 19.8. The first-order valence-electron chi connectivity index (χ1n) is 11.2. The van der Waals surface area contributed by atoms with Crippen LogP contribution in [0.2, 0.25) is 0 Å². The SMILES string of the molecule is CCc1c(C(=O)C(N)=O)c2c(OCC(=O)OC)cc(-c3ccc(F)cc3)nn2c1Cc1ccccc1. The largest absolute Gasteiger partial charge is 0.480 e. The van der Waals surface area contributed by atoms with E-state index in [2.05, 4.69) is 4.74 Å². The van der Waals surface area contributed by atoms with Gasteiger partial charge in [0.1, 0.15) is 17.1 Å². The zero-order chi connectivity index (χ0) is 25.8. The fourth-order valence-electron chi connectivity index (χ4n) is 4.11. The number of esters is 1. The molecule has 0 radical (unpaired) electrons. The topological polar surface area (TPSA) is 113 Å². The third-order valence-electron chi connectivity index (χ3n) is 5.80. The molecule has 0 bridgehead atoms. The van der Waals surface area contributed by atoms with Crippen LogP contribution in [0, 0.1) is 5.82 Å². The molecule has 0 saturated heterocycles. The number of primary amides is 1. The number of hydrogen-bond acceptors (Lipinski definition) is 6. The van der Waals surface area contributed by atoms with Crippen molar-refractivity contribution in [2.75, 3.05) is 13.7 Å².